The maximum absolute atomic E-state index is 11.5. The standard InChI is InChI=1S/C12H13N3O3/c13-7-9-3-1-2-4-10(9)15-11(16)5-6-14-8-12(17)18/h1-4,14H,5-6,8H2,(H,15,16)(H,17,18). The van der Waals surface area contributed by atoms with Crippen LogP contribution >= 0.6 is 0 Å². The average Bonchev–Trinajstić information content (AvgIpc) is 2.35. The maximum atomic E-state index is 11.5. The normalized spacial score (nSPS) is 9.50. The van der Waals surface area contributed by atoms with E-state index in [4.69, 9.17) is 10.4 Å². The summed E-state index contributed by atoms with van der Waals surface area (Å²) in [6, 6.07) is 8.66. The van der Waals surface area contributed by atoms with E-state index in [0.717, 1.165) is 0 Å². The quantitative estimate of drug-likeness (QED) is 0.637. The van der Waals surface area contributed by atoms with Crippen molar-refractivity contribution >= 4 is 17.6 Å². The summed E-state index contributed by atoms with van der Waals surface area (Å²) in [7, 11) is 0. The Hall–Kier alpha value is -2.39. The number of aliphatic carboxylic acids is 1. The number of nitriles is 1. The minimum Gasteiger partial charge on any atom is -0.480 e. The molecule has 0 aromatic heterocycles. The number of hydrogen-bond donors (Lipinski definition) is 3. The van der Waals surface area contributed by atoms with E-state index in [1.165, 1.54) is 0 Å². The van der Waals surface area contributed by atoms with Crippen LogP contribution in [0.15, 0.2) is 24.3 Å². The highest BCUT2D eigenvalue weighted by Crippen LogP contribution is 2.13. The number of anilines is 1. The largest absolute Gasteiger partial charge is 0.480 e. The number of hydrogen-bond acceptors (Lipinski definition) is 4. The molecule has 94 valence electrons. The van der Waals surface area contributed by atoms with E-state index in [1.807, 2.05) is 6.07 Å². The molecule has 0 fully saturated rings. The second-order valence-electron chi connectivity index (χ2n) is 3.53. The van der Waals surface area contributed by atoms with Gasteiger partial charge in [0.25, 0.3) is 0 Å². The molecule has 0 spiro atoms. The molecule has 6 nitrogen and oxygen atoms in total. The lowest BCUT2D eigenvalue weighted by Gasteiger charge is -2.06. The van der Waals surface area contributed by atoms with Crippen molar-refractivity contribution in [1.82, 2.24) is 5.32 Å². The van der Waals surface area contributed by atoms with E-state index in [2.05, 4.69) is 10.6 Å². The van der Waals surface area contributed by atoms with Crippen LogP contribution in [0.5, 0.6) is 0 Å². The Labute approximate surface area is 104 Å². The fourth-order valence-electron chi connectivity index (χ4n) is 1.30. The third-order valence-corrected chi connectivity index (χ3v) is 2.13. The van der Waals surface area contributed by atoms with E-state index in [9.17, 15) is 9.59 Å². The van der Waals surface area contributed by atoms with E-state index >= 15 is 0 Å². The number of para-hydroxylation sites is 1. The third kappa shape index (κ3) is 4.63. The summed E-state index contributed by atoms with van der Waals surface area (Å²) in [5.74, 6) is -1.24. The predicted octanol–water partition coefficient (Wildman–Crippen LogP) is 0.561. The summed E-state index contributed by atoms with van der Waals surface area (Å²) in [6.45, 7) is 0.0922. The number of amides is 1. The van der Waals surface area contributed by atoms with Gasteiger partial charge in [0.2, 0.25) is 5.91 Å². The van der Waals surface area contributed by atoms with Crippen molar-refractivity contribution in [2.45, 2.75) is 6.42 Å². The van der Waals surface area contributed by atoms with Gasteiger partial charge >= 0.3 is 5.97 Å². The molecule has 0 heterocycles. The molecule has 0 aliphatic heterocycles. The fraction of sp³-hybridized carbons (Fsp3) is 0.250. The Morgan fingerprint density at radius 3 is 2.72 bits per heavy atom. The zero-order valence-corrected chi connectivity index (χ0v) is 9.64. The second-order valence-corrected chi connectivity index (χ2v) is 3.53. The first-order valence-electron chi connectivity index (χ1n) is 5.35. The smallest absolute Gasteiger partial charge is 0.317 e. The molecule has 0 atom stereocenters. The first-order valence-corrected chi connectivity index (χ1v) is 5.35. The van der Waals surface area contributed by atoms with Gasteiger partial charge in [0.1, 0.15) is 6.07 Å². The van der Waals surface area contributed by atoms with Gasteiger partial charge in [0.05, 0.1) is 17.8 Å². The molecule has 0 radical (unpaired) electrons. The van der Waals surface area contributed by atoms with Gasteiger partial charge in [-0.2, -0.15) is 5.26 Å². The Balaban J connectivity index is 2.41. The number of carbonyl (C=O) groups excluding carboxylic acids is 1. The first kappa shape index (κ1) is 13.7. The summed E-state index contributed by atoms with van der Waals surface area (Å²) in [4.78, 5) is 21.7. The van der Waals surface area contributed by atoms with Gasteiger partial charge in [0.15, 0.2) is 0 Å². The Morgan fingerprint density at radius 2 is 2.06 bits per heavy atom. The van der Waals surface area contributed by atoms with Crippen molar-refractivity contribution in [2.24, 2.45) is 0 Å². The van der Waals surface area contributed by atoms with Crippen LogP contribution in [-0.2, 0) is 9.59 Å². The molecule has 1 rings (SSSR count). The highest BCUT2D eigenvalue weighted by molar-refractivity contribution is 5.92. The molecule has 3 N–H and O–H groups in total. The maximum Gasteiger partial charge on any atom is 0.317 e. The number of nitrogens with one attached hydrogen (secondary N) is 2. The van der Waals surface area contributed by atoms with Crippen molar-refractivity contribution in [3.63, 3.8) is 0 Å². The molecule has 1 amide bonds. The summed E-state index contributed by atoms with van der Waals surface area (Å²) >= 11 is 0. The molecular weight excluding hydrogens is 234 g/mol. The van der Waals surface area contributed by atoms with Gasteiger partial charge in [-0.1, -0.05) is 12.1 Å². The Morgan fingerprint density at radius 1 is 1.33 bits per heavy atom. The molecule has 0 aliphatic rings. The van der Waals surface area contributed by atoms with Crippen molar-refractivity contribution in [1.29, 1.82) is 5.26 Å². The summed E-state index contributed by atoms with van der Waals surface area (Å²) in [6.07, 6.45) is 0.146. The SMILES string of the molecule is N#Cc1ccccc1NC(=O)CCNCC(=O)O. The Kier molecular flexibility index (Phi) is 5.35. The number of rotatable bonds is 6. The summed E-state index contributed by atoms with van der Waals surface area (Å²) < 4.78 is 0. The zero-order valence-electron chi connectivity index (χ0n) is 9.64. The molecule has 0 bridgehead atoms. The molecular formula is C12H13N3O3. The van der Waals surface area contributed by atoms with Crippen molar-refractivity contribution in [3.8, 4) is 6.07 Å². The first-order chi connectivity index (χ1) is 8.63. The number of benzene rings is 1. The van der Waals surface area contributed by atoms with Crippen LogP contribution < -0.4 is 10.6 Å². The minimum atomic E-state index is -0.967. The van der Waals surface area contributed by atoms with Gasteiger partial charge in [-0.25, -0.2) is 0 Å². The van der Waals surface area contributed by atoms with Crippen LogP contribution in [0.25, 0.3) is 0 Å². The van der Waals surface area contributed by atoms with E-state index < -0.39 is 5.97 Å². The molecule has 0 aliphatic carbocycles. The molecule has 6 heteroatoms. The molecule has 18 heavy (non-hydrogen) atoms. The van der Waals surface area contributed by atoms with Crippen molar-refractivity contribution in [3.05, 3.63) is 29.8 Å². The van der Waals surface area contributed by atoms with Crippen LogP contribution in [-0.4, -0.2) is 30.1 Å². The number of carbonyl (C=O) groups is 2. The third-order valence-electron chi connectivity index (χ3n) is 2.13. The Bertz CT molecular complexity index is 480. The summed E-state index contributed by atoms with van der Waals surface area (Å²) in [5.41, 5.74) is 0.854. The number of nitrogens with zero attached hydrogens (tertiary/aromatic N) is 1. The molecule has 0 saturated heterocycles. The molecule has 0 unspecified atom stereocenters. The van der Waals surface area contributed by atoms with E-state index in [0.29, 0.717) is 11.3 Å². The van der Waals surface area contributed by atoms with E-state index in [1.54, 1.807) is 24.3 Å². The number of carboxylic acids is 1. The average molecular weight is 247 g/mol. The predicted molar refractivity (Wildman–Crippen MR) is 64.9 cm³/mol. The van der Waals surface area contributed by atoms with Crippen molar-refractivity contribution in [2.75, 3.05) is 18.4 Å². The molecule has 0 saturated carbocycles. The van der Waals surface area contributed by atoms with Gasteiger partial charge in [-0.3, -0.25) is 9.59 Å². The van der Waals surface area contributed by atoms with Crippen LogP contribution in [0.2, 0.25) is 0 Å². The van der Waals surface area contributed by atoms with Crippen LogP contribution in [0.3, 0.4) is 0 Å². The van der Waals surface area contributed by atoms with Gasteiger partial charge in [-0.15, -0.1) is 0 Å². The second kappa shape index (κ2) is 7.04. The van der Waals surface area contributed by atoms with Gasteiger partial charge in [-0.05, 0) is 12.1 Å². The summed E-state index contributed by atoms with van der Waals surface area (Å²) in [5, 5.41) is 22.4. The van der Waals surface area contributed by atoms with Crippen LogP contribution in [0.4, 0.5) is 5.69 Å². The highest BCUT2D eigenvalue weighted by atomic mass is 16.4. The molecule has 1 aromatic carbocycles. The van der Waals surface area contributed by atoms with Crippen LogP contribution in [0.1, 0.15) is 12.0 Å². The zero-order chi connectivity index (χ0) is 13.4. The lowest BCUT2D eigenvalue weighted by molar-refractivity contribution is -0.136. The lowest BCUT2D eigenvalue weighted by Crippen LogP contribution is -2.26. The van der Waals surface area contributed by atoms with Gasteiger partial charge < -0.3 is 15.7 Å². The van der Waals surface area contributed by atoms with Crippen molar-refractivity contribution < 1.29 is 14.7 Å². The monoisotopic (exact) mass is 247 g/mol. The van der Waals surface area contributed by atoms with Gasteiger partial charge in [0, 0.05) is 13.0 Å². The number of carboxylic acid groups (broad SMARTS) is 1. The fourth-order valence-corrected chi connectivity index (χ4v) is 1.30. The molecule has 1 aromatic rings. The lowest BCUT2D eigenvalue weighted by atomic mass is 10.2. The van der Waals surface area contributed by atoms with E-state index in [-0.39, 0.29) is 25.4 Å². The van der Waals surface area contributed by atoms with Crippen LogP contribution in [0, 0.1) is 11.3 Å². The topological polar surface area (TPSA) is 102 Å². The minimum absolute atomic E-state index is 0.146. The highest BCUT2D eigenvalue weighted by Gasteiger charge is 2.06.